The number of hydrogen-bond donors (Lipinski definition) is 1. The van der Waals surface area contributed by atoms with Crippen LogP contribution < -0.4 is 0 Å². The van der Waals surface area contributed by atoms with Gasteiger partial charge in [0, 0.05) is 4.47 Å². The summed E-state index contributed by atoms with van der Waals surface area (Å²) in [5, 5.41) is 10.4. The minimum atomic E-state index is -0.200. The first kappa shape index (κ1) is 13.1. The van der Waals surface area contributed by atoms with Gasteiger partial charge in [0.15, 0.2) is 0 Å². The molecule has 2 atom stereocenters. The Bertz CT molecular complexity index is 369. The first-order valence-corrected chi connectivity index (χ1v) is 7.21. The molecule has 2 heteroatoms. The van der Waals surface area contributed by atoms with Crippen LogP contribution >= 0.6 is 15.9 Å². The fourth-order valence-electron chi connectivity index (χ4n) is 3.07. The maximum Gasteiger partial charge on any atom is 0.0613 e. The summed E-state index contributed by atoms with van der Waals surface area (Å²) < 4.78 is 1.09. The maximum atomic E-state index is 10.4. The summed E-state index contributed by atoms with van der Waals surface area (Å²) in [6, 6.07) is 8.27. The molecule has 1 N–H and O–H groups in total. The van der Waals surface area contributed by atoms with Crippen LogP contribution in [0, 0.1) is 11.3 Å². The van der Waals surface area contributed by atoms with E-state index in [1.807, 2.05) is 12.1 Å². The molecule has 1 aromatic carbocycles. The highest BCUT2D eigenvalue weighted by Gasteiger charge is 2.38. The molecule has 1 aromatic rings. The topological polar surface area (TPSA) is 20.2 Å². The highest BCUT2D eigenvalue weighted by Crippen LogP contribution is 2.44. The second kappa shape index (κ2) is 5.11. The van der Waals surface area contributed by atoms with Crippen LogP contribution in [0.5, 0.6) is 0 Å². The first-order chi connectivity index (χ1) is 7.99. The largest absolute Gasteiger partial charge is 0.392 e. The van der Waals surface area contributed by atoms with Crippen LogP contribution in [0.2, 0.25) is 0 Å². The molecule has 0 aromatic heterocycles. The molecule has 0 saturated heterocycles. The highest BCUT2D eigenvalue weighted by molar-refractivity contribution is 9.10. The lowest BCUT2D eigenvalue weighted by Crippen LogP contribution is -2.31. The van der Waals surface area contributed by atoms with Gasteiger partial charge in [-0.2, -0.15) is 0 Å². The van der Waals surface area contributed by atoms with Crippen molar-refractivity contribution in [1.29, 1.82) is 0 Å². The summed E-state index contributed by atoms with van der Waals surface area (Å²) in [6.07, 6.45) is 4.25. The summed E-state index contributed by atoms with van der Waals surface area (Å²) in [5.74, 6) is 0.450. The summed E-state index contributed by atoms with van der Waals surface area (Å²) in [6.45, 7) is 4.57. The van der Waals surface area contributed by atoms with Crippen LogP contribution in [0.15, 0.2) is 28.7 Å². The molecule has 1 aliphatic carbocycles. The lowest BCUT2D eigenvalue weighted by molar-refractivity contribution is 0.0543. The fraction of sp³-hybridized carbons (Fsp3) is 0.600. The lowest BCUT2D eigenvalue weighted by atomic mass is 9.77. The van der Waals surface area contributed by atoms with Gasteiger partial charge < -0.3 is 5.11 Å². The Morgan fingerprint density at radius 1 is 1.35 bits per heavy atom. The molecular formula is C15H21BrO. The Hall–Kier alpha value is -0.340. The monoisotopic (exact) mass is 296 g/mol. The molecular weight excluding hydrogens is 276 g/mol. The van der Waals surface area contributed by atoms with Crippen LogP contribution in [0.3, 0.4) is 0 Å². The molecule has 1 nitrogen and oxygen atoms in total. The second-order valence-corrected chi connectivity index (χ2v) is 6.80. The maximum absolute atomic E-state index is 10.4. The van der Waals surface area contributed by atoms with Gasteiger partial charge in [-0.15, -0.1) is 0 Å². The van der Waals surface area contributed by atoms with Crippen molar-refractivity contribution < 1.29 is 5.11 Å². The van der Waals surface area contributed by atoms with Crippen molar-refractivity contribution in [3.8, 4) is 0 Å². The molecule has 0 spiro atoms. The normalized spacial score (nSPS) is 24.8. The minimum Gasteiger partial charge on any atom is -0.392 e. The lowest BCUT2D eigenvalue weighted by Gasteiger charge is -2.31. The van der Waals surface area contributed by atoms with E-state index in [4.69, 9.17) is 0 Å². The Labute approximate surface area is 112 Å². The van der Waals surface area contributed by atoms with E-state index < -0.39 is 0 Å². The number of aliphatic hydroxyl groups is 1. The molecule has 2 unspecified atom stereocenters. The van der Waals surface area contributed by atoms with Gasteiger partial charge in [0.2, 0.25) is 0 Å². The molecule has 0 amide bonds. The number of aliphatic hydroxyl groups excluding tert-OH is 1. The van der Waals surface area contributed by atoms with E-state index in [1.165, 1.54) is 24.8 Å². The van der Waals surface area contributed by atoms with E-state index in [9.17, 15) is 5.11 Å². The van der Waals surface area contributed by atoms with Crippen molar-refractivity contribution in [2.75, 3.05) is 0 Å². The molecule has 0 aliphatic heterocycles. The highest BCUT2D eigenvalue weighted by atomic mass is 79.9. The molecule has 0 heterocycles. The number of rotatable bonds is 3. The van der Waals surface area contributed by atoms with Crippen LogP contribution in [0.4, 0.5) is 0 Å². The van der Waals surface area contributed by atoms with E-state index in [2.05, 4.69) is 41.9 Å². The summed E-state index contributed by atoms with van der Waals surface area (Å²) >= 11 is 3.43. The van der Waals surface area contributed by atoms with Gasteiger partial charge in [-0.05, 0) is 48.3 Å². The van der Waals surface area contributed by atoms with Gasteiger partial charge in [-0.3, -0.25) is 0 Å². The van der Waals surface area contributed by atoms with Crippen molar-refractivity contribution in [2.45, 2.75) is 45.6 Å². The first-order valence-electron chi connectivity index (χ1n) is 6.41. The summed E-state index contributed by atoms with van der Waals surface area (Å²) in [5.41, 5.74) is 1.53. The molecule has 17 heavy (non-hydrogen) atoms. The average molecular weight is 297 g/mol. The average Bonchev–Trinajstić information content (AvgIpc) is 2.61. The van der Waals surface area contributed by atoms with Crippen molar-refractivity contribution >= 4 is 15.9 Å². The zero-order valence-electron chi connectivity index (χ0n) is 10.6. The smallest absolute Gasteiger partial charge is 0.0613 e. The van der Waals surface area contributed by atoms with Crippen molar-refractivity contribution in [3.05, 3.63) is 34.3 Å². The van der Waals surface area contributed by atoms with Crippen LogP contribution in [0.25, 0.3) is 0 Å². The zero-order chi connectivity index (χ0) is 12.5. The van der Waals surface area contributed by atoms with E-state index in [1.54, 1.807) is 0 Å². The summed E-state index contributed by atoms with van der Waals surface area (Å²) in [7, 11) is 0. The summed E-state index contributed by atoms with van der Waals surface area (Å²) in [4.78, 5) is 0. The predicted molar refractivity (Wildman–Crippen MR) is 75.0 cm³/mol. The van der Waals surface area contributed by atoms with Gasteiger partial charge in [0.1, 0.15) is 0 Å². The van der Waals surface area contributed by atoms with Gasteiger partial charge >= 0.3 is 0 Å². The van der Waals surface area contributed by atoms with Crippen LogP contribution in [0.1, 0.15) is 38.7 Å². The van der Waals surface area contributed by atoms with E-state index in [0.29, 0.717) is 11.3 Å². The van der Waals surface area contributed by atoms with Crippen LogP contribution in [-0.2, 0) is 6.42 Å². The number of benzene rings is 1. The van der Waals surface area contributed by atoms with Gasteiger partial charge in [0.25, 0.3) is 0 Å². The van der Waals surface area contributed by atoms with Gasteiger partial charge in [-0.1, -0.05) is 48.3 Å². The standard InChI is InChI=1S/C15H21BrO/c1-15(2)9-3-4-13(15)14(17)10-11-5-7-12(16)8-6-11/h5-8,13-14,17H,3-4,9-10H2,1-2H3. The van der Waals surface area contributed by atoms with Gasteiger partial charge in [0.05, 0.1) is 6.10 Å². The van der Waals surface area contributed by atoms with Crippen LogP contribution in [-0.4, -0.2) is 11.2 Å². The van der Waals surface area contributed by atoms with E-state index in [-0.39, 0.29) is 6.10 Å². The predicted octanol–water partition coefficient (Wildman–Crippen LogP) is 4.18. The molecule has 0 radical (unpaired) electrons. The zero-order valence-corrected chi connectivity index (χ0v) is 12.2. The molecule has 1 fully saturated rings. The Morgan fingerprint density at radius 3 is 2.53 bits per heavy atom. The third-order valence-corrected chi connectivity index (χ3v) is 4.69. The molecule has 1 aliphatic rings. The van der Waals surface area contributed by atoms with Crippen molar-refractivity contribution in [1.82, 2.24) is 0 Å². The Balaban J connectivity index is 2.01. The number of hydrogen-bond acceptors (Lipinski definition) is 1. The quantitative estimate of drug-likeness (QED) is 0.887. The number of halogens is 1. The minimum absolute atomic E-state index is 0.200. The molecule has 0 bridgehead atoms. The molecule has 2 rings (SSSR count). The van der Waals surface area contributed by atoms with E-state index in [0.717, 1.165) is 10.9 Å². The Morgan fingerprint density at radius 2 is 2.00 bits per heavy atom. The van der Waals surface area contributed by atoms with Crippen molar-refractivity contribution in [3.63, 3.8) is 0 Å². The second-order valence-electron chi connectivity index (χ2n) is 5.89. The molecule has 94 valence electrons. The molecule has 1 saturated carbocycles. The Kier molecular flexibility index (Phi) is 3.94. The van der Waals surface area contributed by atoms with Crippen molar-refractivity contribution in [2.24, 2.45) is 11.3 Å². The fourth-order valence-corrected chi connectivity index (χ4v) is 3.34. The van der Waals surface area contributed by atoms with Gasteiger partial charge in [-0.25, -0.2) is 0 Å². The SMILES string of the molecule is CC1(C)CCCC1C(O)Cc1ccc(Br)cc1. The third-order valence-electron chi connectivity index (χ3n) is 4.16. The van der Waals surface area contributed by atoms with E-state index >= 15 is 0 Å². The third kappa shape index (κ3) is 3.11.